The summed E-state index contributed by atoms with van der Waals surface area (Å²) in [5.74, 6) is 0.902. The average Bonchev–Trinajstić information content (AvgIpc) is 3.47. The number of methoxy groups -OCH3 is 2. The highest BCUT2D eigenvalue weighted by atomic mass is 16.6. The Kier molecular flexibility index (Phi) is 6.08. The first-order valence-electron chi connectivity index (χ1n) is 11.5. The minimum atomic E-state index is -0.688. The molecule has 2 aromatic rings. The van der Waals surface area contributed by atoms with E-state index in [1.54, 1.807) is 20.3 Å². The first-order valence-corrected chi connectivity index (χ1v) is 11.5. The molecule has 180 valence electrons. The summed E-state index contributed by atoms with van der Waals surface area (Å²) >= 11 is 0. The van der Waals surface area contributed by atoms with Gasteiger partial charge in [-0.15, -0.1) is 0 Å². The Balaban J connectivity index is 1.45. The first-order chi connectivity index (χ1) is 16.5. The quantitative estimate of drug-likeness (QED) is 0.539. The number of hydrogen-bond donors (Lipinski definition) is 0. The zero-order valence-corrected chi connectivity index (χ0v) is 19.4. The Morgan fingerprint density at radius 1 is 1.09 bits per heavy atom. The SMILES string of the molecule is COc1ccc(-c2ccc3c(c2)COC3=O)c(OCC2(C(=O)O[C@H]3CCOC3)CCC2)c1OC. The monoisotopic (exact) mass is 468 g/mol. The maximum Gasteiger partial charge on any atom is 0.338 e. The third-order valence-corrected chi connectivity index (χ3v) is 6.89. The average molecular weight is 469 g/mol. The van der Waals surface area contributed by atoms with Crippen LogP contribution in [0.15, 0.2) is 30.3 Å². The molecule has 1 atom stereocenters. The van der Waals surface area contributed by atoms with Crippen molar-refractivity contribution in [2.75, 3.05) is 34.0 Å². The van der Waals surface area contributed by atoms with Gasteiger partial charge in [0.1, 0.15) is 24.7 Å². The van der Waals surface area contributed by atoms with Crippen LogP contribution in [0.5, 0.6) is 17.2 Å². The summed E-state index contributed by atoms with van der Waals surface area (Å²) in [6.07, 6.45) is 2.89. The van der Waals surface area contributed by atoms with Crippen LogP contribution in [-0.2, 0) is 25.6 Å². The molecule has 0 N–H and O–H groups in total. The van der Waals surface area contributed by atoms with Crippen LogP contribution in [0.1, 0.15) is 41.6 Å². The van der Waals surface area contributed by atoms with E-state index in [1.165, 1.54) is 0 Å². The fourth-order valence-corrected chi connectivity index (χ4v) is 4.67. The van der Waals surface area contributed by atoms with Crippen molar-refractivity contribution in [2.45, 2.75) is 38.4 Å². The molecule has 0 unspecified atom stereocenters. The molecule has 2 heterocycles. The third kappa shape index (κ3) is 3.96. The molecule has 2 aromatic carbocycles. The molecule has 0 amide bonds. The Bertz CT molecular complexity index is 1100. The van der Waals surface area contributed by atoms with Crippen molar-refractivity contribution >= 4 is 11.9 Å². The molecule has 0 spiro atoms. The van der Waals surface area contributed by atoms with Crippen LogP contribution in [0, 0.1) is 5.41 Å². The molecular formula is C26H28O8. The van der Waals surface area contributed by atoms with E-state index in [4.69, 9.17) is 28.4 Å². The molecule has 0 aromatic heterocycles. The van der Waals surface area contributed by atoms with Crippen molar-refractivity contribution in [1.82, 2.24) is 0 Å². The van der Waals surface area contributed by atoms with Crippen molar-refractivity contribution in [2.24, 2.45) is 5.41 Å². The van der Waals surface area contributed by atoms with Gasteiger partial charge in [-0.3, -0.25) is 4.79 Å². The third-order valence-electron chi connectivity index (χ3n) is 6.89. The highest BCUT2D eigenvalue weighted by Gasteiger charge is 2.48. The number of benzene rings is 2. The molecule has 0 radical (unpaired) electrons. The maximum absolute atomic E-state index is 13.1. The van der Waals surface area contributed by atoms with E-state index < -0.39 is 5.41 Å². The highest BCUT2D eigenvalue weighted by Crippen LogP contribution is 2.48. The lowest BCUT2D eigenvalue weighted by Crippen LogP contribution is -2.45. The van der Waals surface area contributed by atoms with Gasteiger partial charge in [0.05, 0.1) is 33.0 Å². The van der Waals surface area contributed by atoms with E-state index in [0.29, 0.717) is 48.9 Å². The summed E-state index contributed by atoms with van der Waals surface area (Å²) in [5.41, 5.74) is 2.32. The molecule has 1 saturated heterocycles. The smallest absolute Gasteiger partial charge is 0.338 e. The number of rotatable bonds is 8. The van der Waals surface area contributed by atoms with Gasteiger partial charge in [-0.1, -0.05) is 12.5 Å². The summed E-state index contributed by atoms with van der Waals surface area (Å²) in [7, 11) is 3.12. The summed E-state index contributed by atoms with van der Waals surface area (Å²) in [6, 6.07) is 9.23. The number of fused-ring (bicyclic) bond motifs is 1. The summed E-state index contributed by atoms with van der Waals surface area (Å²) < 4.78 is 33.7. The standard InChI is InChI=1S/C26H28O8/c1-29-21-7-6-19(16-4-5-20-17(12-16)13-32-24(20)27)22(23(21)30-2)33-15-26(9-3-10-26)25(28)34-18-8-11-31-14-18/h4-7,12,18H,3,8-11,13-15H2,1-2H3/t18-/m0/s1. The fourth-order valence-electron chi connectivity index (χ4n) is 4.67. The van der Waals surface area contributed by atoms with E-state index in [0.717, 1.165) is 29.5 Å². The Morgan fingerprint density at radius 3 is 2.59 bits per heavy atom. The van der Waals surface area contributed by atoms with Crippen molar-refractivity contribution in [3.8, 4) is 28.4 Å². The number of ether oxygens (including phenoxy) is 6. The van der Waals surface area contributed by atoms with Gasteiger partial charge in [-0.2, -0.15) is 0 Å². The van der Waals surface area contributed by atoms with Crippen LogP contribution >= 0.6 is 0 Å². The highest BCUT2D eigenvalue weighted by molar-refractivity contribution is 5.94. The minimum absolute atomic E-state index is 0.169. The van der Waals surface area contributed by atoms with Gasteiger partial charge >= 0.3 is 11.9 Å². The van der Waals surface area contributed by atoms with Gasteiger partial charge in [0.15, 0.2) is 11.5 Å². The van der Waals surface area contributed by atoms with Crippen molar-refractivity contribution in [1.29, 1.82) is 0 Å². The second-order valence-corrected chi connectivity index (χ2v) is 8.94. The van der Waals surface area contributed by atoms with Gasteiger partial charge in [0.25, 0.3) is 0 Å². The van der Waals surface area contributed by atoms with Crippen LogP contribution in [0.25, 0.3) is 11.1 Å². The van der Waals surface area contributed by atoms with Crippen LogP contribution in [0.3, 0.4) is 0 Å². The summed E-state index contributed by atoms with van der Waals surface area (Å²) in [6.45, 7) is 1.47. The molecule has 8 nitrogen and oxygen atoms in total. The van der Waals surface area contributed by atoms with Gasteiger partial charge in [0.2, 0.25) is 5.75 Å². The fraction of sp³-hybridized carbons (Fsp3) is 0.462. The molecule has 2 aliphatic heterocycles. The van der Waals surface area contributed by atoms with Gasteiger partial charge in [-0.25, -0.2) is 4.79 Å². The molecule has 8 heteroatoms. The molecule has 3 aliphatic rings. The van der Waals surface area contributed by atoms with E-state index in [-0.39, 0.29) is 31.3 Å². The number of carbonyl (C=O) groups is 2. The van der Waals surface area contributed by atoms with E-state index >= 15 is 0 Å². The molecule has 2 fully saturated rings. The number of carbonyl (C=O) groups excluding carboxylic acids is 2. The normalized spacial score (nSPS) is 20.2. The van der Waals surface area contributed by atoms with Gasteiger partial charge < -0.3 is 28.4 Å². The predicted molar refractivity (Wildman–Crippen MR) is 121 cm³/mol. The Labute approximate surface area is 198 Å². The Morgan fingerprint density at radius 2 is 1.91 bits per heavy atom. The maximum atomic E-state index is 13.1. The number of esters is 2. The molecule has 1 aliphatic carbocycles. The second-order valence-electron chi connectivity index (χ2n) is 8.94. The van der Waals surface area contributed by atoms with E-state index in [1.807, 2.05) is 24.3 Å². The summed E-state index contributed by atoms with van der Waals surface area (Å²) in [5, 5.41) is 0. The first kappa shape index (κ1) is 22.5. The summed E-state index contributed by atoms with van der Waals surface area (Å²) in [4.78, 5) is 24.9. The van der Waals surface area contributed by atoms with Gasteiger partial charge in [-0.05, 0) is 42.7 Å². The second kappa shape index (κ2) is 9.18. The number of cyclic esters (lactones) is 1. The molecule has 1 saturated carbocycles. The topological polar surface area (TPSA) is 89.5 Å². The lowest BCUT2D eigenvalue weighted by Gasteiger charge is -2.39. The largest absolute Gasteiger partial charge is 0.493 e. The van der Waals surface area contributed by atoms with Crippen LogP contribution in [0.4, 0.5) is 0 Å². The zero-order chi connectivity index (χ0) is 23.7. The van der Waals surface area contributed by atoms with Crippen LogP contribution in [-0.4, -0.2) is 52.1 Å². The molecule has 0 bridgehead atoms. The van der Waals surface area contributed by atoms with Crippen molar-refractivity contribution in [3.05, 3.63) is 41.5 Å². The molecule has 34 heavy (non-hydrogen) atoms. The predicted octanol–water partition coefficient (Wildman–Crippen LogP) is 3.92. The molecule has 5 rings (SSSR count). The van der Waals surface area contributed by atoms with Crippen LogP contribution < -0.4 is 14.2 Å². The van der Waals surface area contributed by atoms with Crippen molar-refractivity contribution < 1.29 is 38.0 Å². The van der Waals surface area contributed by atoms with Crippen LogP contribution in [0.2, 0.25) is 0 Å². The number of hydrogen-bond acceptors (Lipinski definition) is 8. The zero-order valence-electron chi connectivity index (χ0n) is 19.4. The Hall–Kier alpha value is -3.26. The van der Waals surface area contributed by atoms with E-state index in [2.05, 4.69) is 0 Å². The van der Waals surface area contributed by atoms with Gasteiger partial charge in [0, 0.05) is 17.5 Å². The van der Waals surface area contributed by atoms with E-state index in [9.17, 15) is 9.59 Å². The lowest BCUT2D eigenvalue weighted by molar-refractivity contribution is -0.170. The minimum Gasteiger partial charge on any atom is -0.493 e. The van der Waals surface area contributed by atoms with Crippen molar-refractivity contribution in [3.63, 3.8) is 0 Å². The molecular weight excluding hydrogens is 440 g/mol. The lowest BCUT2D eigenvalue weighted by atomic mass is 9.69.